The van der Waals surface area contributed by atoms with Crippen LogP contribution in [0.4, 0.5) is 5.69 Å². The molecule has 0 unspecified atom stereocenters. The fourth-order valence-electron chi connectivity index (χ4n) is 5.05. The normalized spacial score (nSPS) is 14.2. The van der Waals surface area contributed by atoms with Crippen LogP contribution in [0.5, 0.6) is 11.5 Å². The van der Waals surface area contributed by atoms with Gasteiger partial charge in [0.25, 0.3) is 10.0 Å². The van der Waals surface area contributed by atoms with Crippen LogP contribution in [0.25, 0.3) is 0 Å². The highest BCUT2D eigenvalue weighted by Crippen LogP contribution is 2.36. The SMILES string of the molecule is COc1ccc(OC)c(N(CC(=O)N(Cc2c(Cl)cccc2Cl)[C@@H](C)C(=O)NC2CCCC2)S(=O)(=O)c2ccccc2)c1. The third-order valence-corrected chi connectivity index (χ3v) is 10.0. The Balaban J connectivity index is 1.78. The second-order valence-corrected chi connectivity index (χ2v) is 12.9. The van der Waals surface area contributed by atoms with E-state index < -0.39 is 28.5 Å². The highest BCUT2D eigenvalue weighted by atomic mass is 35.5. The Morgan fingerprint density at radius 2 is 1.60 bits per heavy atom. The minimum absolute atomic E-state index is 0.0202. The first-order valence-corrected chi connectivity index (χ1v) is 16.1. The summed E-state index contributed by atoms with van der Waals surface area (Å²) >= 11 is 12.9. The van der Waals surface area contributed by atoms with Crippen molar-refractivity contribution < 1.29 is 27.5 Å². The van der Waals surface area contributed by atoms with Gasteiger partial charge in [-0.1, -0.05) is 60.3 Å². The van der Waals surface area contributed by atoms with Crippen LogP contribution in [0.1, 0.15) is 38.2 Å². The van der Waals surface area contributed by atoms with Gasteiger partial charge in [0.1, 0.15) is 24.1 Å². The van der Waals surface area contributed by atoms with Crippen LogP contribution >= 0.6 is 23.2 Å². The topological polar surface area (TPSA) is 105 Å². The number of carbonyl (C=O) groups is 2. The van der Waals surface area contributed by atoms with Crippen LogP contribution in [-0.4, -0.2) is 58.0 Å². The van der Waals surface area contributed by atoms with Crippen molar-refractivity contribution in [3.63, 3.8) is 0 Å². The fourth-order valence-corrected chi connectivity index (χ4v) is 7.01. The molecule has 9 nitrogen and oxygen atoms in total. The first kappa shape index (κ1) is 32.4. The predicted molar refractivity (Wildman–Crippen MR) is 167 cm³/mol. The number of hydrogen-bond acceptors (Lipinski definition) is 6. The number of carbonyl (C=O) groups excluding carboxylic acids is 2. The zero-order chi connectivity index (χ0) is 31.1. The molecule has 4 rings (SSSR count). The van der Waals surface area contributed by atoms with Gasteiger partial charge in [-0.25, -0.2) is 8.42 Å². The van der Waals surface area contributed by atoms with E-state index in [1.165, 1.54) is 37.3 Å². The average Bonchev–Trinajstić information content (AvgIpc) is 3.52. The predicted octanol–water partition coefficient (Wildman–Crippen LogP) is 5.68. The van der Waals surface area contributed by atoms with Gasteiger partial charge >= 0.3 is 0 Å². The van der Waals surface area contributed by atoms with Gasteiger partial charge in [-0.05, 0) is 56.2 Å². The number of hydrogen-bond donors (Lipinski definition) is 1. The molecule has 0 aliphatic heterocycles. The van der Waals surface area contributed by atoms with E-state index in [0.29, 0.717) is 21.4 Å². The van der Waals surface area contributed by atoms with Crippen molar-refractivity contribution in [2.75, 3.05) is 25.1 Å². The lowest BCUT2D eigenvalue weighted by atomic mass is 10.1. The van der Waals surface area contributed by atoms with E-state index in [0.717, 1.165) is 30.0 Å². The molecule has 230 valence electrons. The molecule has 0 bridgehead atoms. The standard InChI is InChI=1S/C31H35Cl2N3O6S/c1-21(31(38)34-22-10-7-8-11-22)35(19-25-26(32)14-9-15-27(25)33)30(37)20-36(43(39,40)24-12-5-4-6-13-24)28-18-23(41-2)16-17-29(28)42-3/h4-6,9,12-18,21-22H,7-8,10-11,19-20H2,1-3H3,(H,34,38)/t21-/m0/s1. The molecular formula is C31H35Cl2N3O6S. The lowest BCUT2D eigenvalue weighted by Crippen LogP contribution is -2.52. The van der Waals surface area contributed by atoms with Crippen LogP contribution in [0.3, 0.4) is 0 Å². The summed E-state index contributed by atoms with van der Waals surface area (Å²) in [4.78, 5) is 29.0. The maximum Gasteiger partial charge on any atom is 0.264 e. The Labute approximate surface area is 262 Å². The van der Waals surface area contributed by atoms with Gasteiger partial charge in [-0.3, -0.25) is 13.9 Å². The Kier molecular flexibility index (Phi) is 10.8. The molecule has 0 aromatic heterocycles. The lowest BCUT2D eigenvalue weighted by Gasteiger charge is -2.33. The summed E-state index contributed by atoms with van der Waals surface area (Å²) in [5, 5.41) is 3.67. The van der Waals surface area contributed by atoms with Crippen molar-refractivity contribution >= 4 is 50.7 Å². The minimum Gasteiger partial charge on any atom is -0.497 e. The van der Waals surface area contributed by atoms with Crippen molar-refractivity contribution in [2.45, 2.75) is 56.1 Å². The van der Waals surface area contributed by atoms with Crippen LogP contribution in [0, 0.1) is 0 Å². The molecule has 0 saturated heterocycles. The van der Waals surface area contributed by atoms with Gasteiger partial charge in [0, 0.05) is 34.3 Å². The fraction of sp³-hybridized carbons (Fsp3) is 0.355. The molecule has 1 saturated carbocycles. The van der Waals surface area contributed by atoms with E-state index in [1.54, 1.807) is 55.5 Å². The smallest absolute Gasteiger partial charge is 0.264 e. The maximum atomic E-state index is 14.3. The van der Waals surface area contributed by atoms with Gasteiger partial charge in [0.15, 0.2) is 0 Å². The number of benzene rings is 3. The molecule has 3 aromatic carbocycles. The molecule has 1 N–H and O–H groups in total. The quantitative estimate of drug-likeness (QED) is 0.271. The molecule has 0 heterocycles. The monoisotopic (exact) mass is 647 g/mol. The van der Waals surface area contributed by atoms with Crippen LogP contribution < -0.4 is 19.1 Å². The Bertz CT molecular complexity index is 1530. The molecule has 0 spiro atoms. The molecule has 2 amide bonds. The molecule has 12 heteroatoms. The van der Waals surface area contributed by atoms with Gasteiger partial charge < -0.3 is 19.7 Å². The van der Waals surface area contributed by atoms with E-state index in [9.17, 15) is 18.0 Å². The molecule has 3 aromatic rings. The van der Waals surface area contributed by atoms with E-state index >= 15 is 0 Å². The minimum atomic E-state index is -4.30. The van der Waals surface area contributed by atoms with E-state index in [-0.39, 0.29) is 34.8 Å². The molecule has 1 fully saturated rings. The third kappa shape index (κ3) is 7.55. The van der Waals surface area contributed by atoms with Crippen molar-refractivity contribution in [1.82, 2.24) is 10.2 Å². The number of anilines is 1. The van der Waals surface area contributed by atoms with Crippen molar-refractivity contribution in [2.24, 2.45) is 0 Å². The molecule has 1 aliphatic rings. The first-order valence-electron chi connectivity index (χ1n) is 13.9. The Morgan fingerprint density at radius 3 is 2.21 bits per heavy atom. The summed E-state index contributed by atoms with van der Waals surface area (Å²) in [5.74, 6) is -0.421. The lowest BCUT2D eigenvalue weighted by molar-refractivity contribution is -0.139. The average molecular weight is 649 g/mol. The Hall–Kier alpha value is -3.47. The second kappa shape index (κ2) is 14.3. The number of ether oxygens (including phenoxy) is 2. The molecule has 43 heavy (non-hydrogen) atoms. The molecular weight excluding hydrogens is 613 g/mol. The zero-order valence-corrected chi connectivity index (χ0v) is 26.6. The summed E-state index contributed by atoms with van der Waals surface area (Å²) in [6.07, 6.45) is 3.76. The number of rotatable bonds is 12. The number of sulfonamides is 1. The molecule has 1 aliphatic carbocycles. The second-order valence-electron chi connectivity index (χ2n) is 10.3. The van der Waals surface area contributed by atoms with Crippen molar-refractivity contribution in [3.8, 4) is 11.5 Å². The first-order chi connectivity index (χ1) is 20.6. The molecule has 1 atom stereocenters. The highest BCUT2D eigenvalue weighted by molar-refractivity contribution is 7.92. The maximum absolute atomic E-state index is 14.3. The number of nitrogens with one attached hydrogen (secondary N) is 1. The number of halogens is 2. The summed E-state index contributed by atoms with van der Waals surface area (Å²) in [7, 11) is -1.44. The van der Waals surface area contributed by atoms with Crippen molar-refractivity contribution in [3.05, 3.63) is 82.3 Å². The summed E-state index contributed by atoms with van der Waals surface area (Å²) in [6, 6.07) is 16.5. The van der Waals surface area contributed by atoms with Crippen molar-refractivity contribution in [1.29, 1.82) is 0 Å². The van der Waals surface area contributed by atoms with Gasteiger partial charge in [0.2, 0.25) is 11.8 Å². The zero-order valence-electron chi connectivity index (χ0n) is 24.3. The number of methoxy groups -OCH3 is 2. The van der Waals surface area contributed by atoms with E-state index in [2.05, 4.69) is 5.32 Å². The van der Waals surface area contributed by atoms with Crippen LogP contribution in [0.15, 0.2) is 71.6 Å². The summed E-state index contributed by atoms with van der Waals surface area (Å²) < 4.78 is 40.0. The number of nitrogens with zero attached hydrogens (tertiary/aromatic N) is 2. The van der Waals surface area contributed by atoms with Crippen LogP contribution in [0.2, 0.25) is 10.0 Å². The van der Waals surface area contributed by atoms with E-state index in [4.69, 9.17) is 32.7 Å². The summed E-state index contributed by atoms with van der Waals surface area (Å²) in [6.45, 7) is 0.837. The highest BCUT2D eigenvalue weighted by Gasteiger charge is 2.35. The van der Waals surface area contributed by atoms with E-state index in [1.807, 2.05) is 0 Å². The third-order valence-electron chi connectivity index (χ3n) is 7.52. The largest absolute Gasteiger partial charge is 0.497 e. The molecule has 0 radical (unpaired) electrons. The Morgan fingerprint density at radius 1 is 0.953 bits per heavy atom. The van der Waals surface area contributed by atoms with Crippen LogP contribution in [-0.2, 0) is 26.2 Å². The summed E-state index contributed by atoms with van der Waals surface area (Å²) in [5.41, 5.74) is 0.536. The van der Waals surface area contributed by atoms with Gasteiger partial charge in [-0.2, -0.15) is 0 Å². The van der Waals surface area contributed by atoms with Gasteiger partial charge in [0.05, 0.1) is 24.8 Å². The van der Waals surface area contributed by atoms with Gasteiger partial charge in [-0.15, -0.1) is 0 Å². The number of amides is 2.